The normalized spacial score (nSPS) is 32.1. The van der Waals surface area contributed by atoms with Crippen molar-refractivity contribution in [2.75, 3.05) is 19.6 Å². The maximum atomic E-state index is 12.2. The molecule has 0 radical (unpaired) electrons. The van der Waals surface area contributed by atoms with Crippen LogP contribution in [0.2, 0.25) is 0 Å². The lowest BCUT2D eigenvalue weighted by Crippen LogP contribution is -2.72. The Morgan fingerprint density at radius 3 is 2.76 bits per heavy atom. The molecule has 2 rings (SSSR count). The number of aliphatic hydroxyl groups excluding tert-OH is 1. The number of nitrogens with two attached hydrogens (primary N) is 1. The maximum Gasteiger partial charge on any atom is 0.242 e. The molecule has 0 aliphatic carbocycles. The molecule has 0 aromatic rings. The van der Waals surface area contributed by atoms with Crippen LogP contribution >= 0.6 is 0 Å². The molecule has 2 unspecified atom stereocenters. The molecule has 6 nitrogen and oxygen atoms in total. The number of aliphatic hydroxyl groups is 1. The first kappa shape index (κ1) is 12.3. The number of primary amides is 1. The number of rotatable bonds is 3. The van der Waals surface area contributed by atoms with Gasteiger partial charge >= 0.3 is 0 Å². The van der Waals surface area contributed by atoms with Gasteiger partial charge < -0.3 is 21.1 Å². The van der Waals surface area contributed by atoms with E-state index in [9.17, 15) is 14.7 Å². The first-order chi connectivity index (χ1) is 7.98. The van der Waals surface area contributed by atoms with Crippen LogP contribution in [0.1, 0.15) is 19.8 Å². The minimum absolute atomic E-state index is 0.0607. The quantitative estimate of drug-likeness (QED) is 0.520. The van der Waals surface area contributed by atoms with Gasteiger partial charge in [-0.2, -0.15) is 0 Å². The Bertz CT molecular complexity index is 337. The predicted molar refractivity (Wildman–Crippen MR) is 60.9 cm³/mol. The zero-order valence-corrected chi connectivity index (χ0v) is 9.98. The molecule has 0 aromatic heterocycles. The van der Waals surface area contributed by atoms with Gasteiger partial charge in [-0.1, -0.05) is 0 Å². The van der Waals surface area contributed by atoms with E-state index in [4.69, 9.17) is 5.73 Å². The fraction of sp³-hybridized carbons (Fsp3) is 0.818. The van der Waals surface area contributed by atoms with Crippen molar-refractivity contribution in [2.24, 2.45) is 11.1 Å². The van der Waals surface area contributed by atoms with Gasteiger partial charge in [-0.05, 0) is 26.3 Å². The molecule has 2 saturated heterocycles. The maximum absolute atomic E-state index is 12.2. The molecule has 0 saturated carbocycles. The lowest BCUT2D eigenvalue weighted by Gasteiger charge is -2.53. The van der Waals surface area contributed by atoms with Gasteiger partial charge in [-0.25, -0.2) is 0 Å². The third-order valence-electron chi connectivity index (χ3n) is 3.74. The van der Waals surface area contributed by atoms with E-state index < -0.39 is 18.1 Å². The number of β-lactam (4-membered cyclic amide) rings is 1. The number of hydrogen-bond donors (Lipinski definition) is 3. The minimum Gasteiger partial charge on any atom is -0.391 e. The van der Waals surface area contributed by atoms with Crippen LogP contribution in [0, 0.1) is 5.41 Å². The third-order valence-corrected chi connectivity index (χ3v) is 3.74. The number of amides is 2. The molecule has 0 bridgehead atoms. The Labute approximate surface area is 100 Å². The number of piperidine rings is 1. The Morgan fingerprint density at radius 2 is 2.35 bits per heavy atom. The standard InChI is InChI=1S/C11H19N3O3/c1-7(15)8(9(12)16)14-6-11(10(14)17)3-2-4-13-5-11/h7-8,13,15H,2-6H2,1H3,(H2,12,16)/t7-,8?,11?/m1/s1. The van der Waals surface area contributed by atoms with Crippen molar-refractivity contribution < 1.29 is 14.7 Å². The van der Waals surface area contributed by atoms with Gasteiger partial charge in [-0.15, -0.1) is 0 Å². The molecule has 17 heavy (non-hydrogen) atoms. The first-order valence-electron chi connectivity index (χ1n) is 5.97. The minimum atomic E-state index is -0.926. The van der Waals surface area contributed by atoms with Crippen molar-refractivity contribution in [3.05, 3.63) is 0 Å². The molecular weight excluding hydrogens is 222 g/mol. The lowest BCUT2D eigenvalue weighted by molar-refractivity contribution is -0.173. The van der Waals surface area contributed by atoms with Crippen molar-refractivity contribution in [1.82, 2.24) is 10.2 Å². The molecule has 6 heteroatoms. The van der Waals surface area contributed by atoms with Gasteiger partial charge in [-0.3, -0.25) is 9.59 Å². The second kappa shape index (κ2) is 4.27. The average molecular weight is 241 g/mol. The Balaban J connectivity index is 2.07. The Hall–Kier alpha value is -1.14. The van der Waals surface area contributed by atoms with E-state index >= 15 is 0 Å². The molecule has 2 fully saturated rings. The summed E-state index contributed by atoms with van der Waals surface area (Å²) in [6.45, 7) is 3.59. The van der Waals surface area contributed by atoms with E-state index in [1.807, 2.05) is 0 Å². The number of likely N-dealkylation sites (tertiary alicyclic amines) is 1. The van der Waals surface area contributed by atoms with Crippen molar-refractivity contribution in [3.63, 3.8) is 0 Å². The fourth-order valence-electron chi connectivity index (χ4n) is 2.84. The van der Waals surface area contributed by atoms with Crippen molar-refractivity contribution >= 4 is 11.8 Å². The summed E-state index contributed by atoms with van der Waals surface area (Å²) >= 11 is 0. The second-order valence-corrected chi connectivity index (χ2v) is 5.08. The highest BCUT2D eigenvalue weighted by molar-refractivity contribution is 5.94. The molecular formula is C11H19N3O3. The highest BCUT2D eigenvalue weighted by Crippen LogP contribution is 2.39. The van der Waals surface area contributed by atoms with Crippen LogP contribution in [0.25, 0.3) is 0 Å². The van der Waals surface area contributed by atoms with Crippen LogP contribution in [-0.2, 0) is 9.59 Å². The summed E-state index contributed by atoms with van der Waals surface area (Å²) in [4.78, 5) is 24.8. The van der Waals surface area contributed by atoms with Crippen LogP contribution in [0.4, 0.5) is 0 Å². The Kier molecular flexibility index (Phi) is 3.09. The van der Waals surface area contributed by atoms with E-state index in [0.717, 1.165) is 19.4 Å². The van der Waals surface area contributed by atoms with Crippen LogP contribution < -0.4 is 11.1 Å². The first-order valence-corrected chi connectivity index (χ1v) is 5.97. The molecule has 0 aromatic carbocycles. The van der Waals surface area contributed by atoms with Crippen LogP contribution in [0.3, 0.4) is 0 Å². The van der Waals surface area contributed by atoms with E-state index in [0.29, 0.717) is 13.1 Å². The van der Waals surface area contributed by atoms with E-state index in [-0.39, 0.29) is 11.3 Å². The zero-order valence-electron chi connectivity index (χ0n) is 9.98. The van der Waals surface area contributed by atoms with Gasteiger partial charge in [0.25, 0.3) is 0 Å². The average Bonchev–Trinajstić information content (AvgIpc) is 2.28. The van der Waals surface area contributed by atoms with Gasteiger partial charge in [0, 0.05) is 13.1 Å². The van der Waals surface area contributed by atoms with Crippen LogP contribution in [0.15, 0.2) is 0 Å². The summed E-state index contributed by atoms with van der Waals surface area (Å²) in [5.41, 5.74) is 4.86. The number of hydrogen-bond acceptors (Lipinski definition) is 4. The van der Waals surface area contributed by atoms with Gasteiger partial charge in [0.1, 0.15) is 6.04 Å². The number of carbonyl (C=O) groups excluding carboxylic acids is 2. The predicted octanol–water partition coefficient (Wildman–Crippen LogP) is -1.57. The monoisotopic (exact) mass is 241 g/mol. The van der Waals surface area contributed by atoms with Crippen molar-refractivity contribution in [1.29, 1.82) is 0 Å². The summed E-state index contributed by atoms with van der Waals surface area (Å²) < 4.78 is 0. The summed E-state index contributed by atoms with van der Waals surface area (Å²) in [6.07, 6.45) is 0.890. The van der Waals surface area contributed by atoms with Crippen LogP contribution in [-0.4, -0.2) is 53.6 Å². The highest BCUT2D eigenvalue weighted by Gasteiger charge is 2.55. The lowest BCUT2D eigenvalue weighted by atomic mass is 9.72. The van der Waals surface area contributed by atoms with E-state index in [2.05, 4.69) is 5.32 Å². The smallest absolute Gasteiger partial charge is 0.242 e. The van der Waals surface area contributed by atoms with Gasteiger partial charge in [0.2, 0.25) is 11.8 Å². The summed E-state index contributed by atoms with van der Waals surface area (Å²) in [7, 11) is 0. The molecule has 2 amide bonds. The largest absolute Gasteiger partial charge is 0.391 e. The number of nitrogens with one attached hydrogen (secondary N) is 1. The van der Waals surface area contributed by atoms with Crippen molar-refractivity contribution in [2.45, 2.75) is 31.9 Å². The topological polar surface area (TPSA) is 95.7 Å². The van der Waals surface area contributed by atoms with E-state index in [1.54, 1.807) is 0 Å². The summed E-state index contributed by atoms with van der Waals surface area (Å²) in [5.74, 6) is -0.707. The summed E-state index contributed by atoms with van der Waals surface area (Å²) in [5, 5.41) is 12.7. The Morgan fingerprint density at radius 1 is 1.65 bits per heavy atom. The second-order valence-electron chi connectivity index (χ2n) is 5.08. The number of nitrogens with zero attached hydrogens (tertiary/aromatic N) is 1. The molecule has 2 heterocycles. The number of carbonyl (C=O) groups is 2. The molecule has 1 spiro atoms. The van der Waals surface area contributed by atoms with Crippen LogP contribution in [0.5, 0.6) is 0 Å². The molecule has 3 atom stereocenters. The fourth-order valence-corrected chi connectivity index (χ4v) is 2.84. The highest BCUT2D eigenvalue weighted by atomic mass is 16.3. The van der Waals surface area contributed by atoms with Gasteiger partial charge in [0.05, 0.1) is 11.5 Å². The molecule has 96 valence electrons. The SMILES string of the molecule is C[C@@H](O)C(C(N)=O)N1CC2(CCCNC2)C1=O. The molecule has 2 aliphatic rings. The molecule has 2 aliphatic heterocycles. The van der Waals surface area contributed by atoms with Crippen molar-refractivity contribution in [3.8, 4) is 0 Å². The zero-order chi connectivity index (χ0) is 12.6. The van der Waals surface area contributed by atoms with E-state index in [1.165, 1.54) is 11.8 Å². The summed E-state index contributed by atoms with van der Waals surface area (Å²) in [6, 6.07) is -0.893. The van der Waals surface area contributed by atoms with Gasteiger partial charge in [0.15, 0.2) is 0 Å². The molecule has 4 N–H and O–H groups in total. The third kappa shape index (κ3) is 1.91.